The molecule has 1 aliphatic rings. The van der Waals surface area contributed by atoms with Gasteiger partial charge in [-0.1, -0.05) is 11.6 Å². The Morgan fingerprint density at radius 2 is 2.00 bits per heavy atom. The number of nitrogens with one attached hydrogen (secondary N) is 2. The highest BCUT2D eigenvalue weighted by Gasteiger charge is 2.11. The van der Waals surface area contributed by atoms with Crippen LogP contribution in [0.2, 0.25) is 0 Å². The first-order valence-electron chi connectivity index (χ1n) is 9.48. The summed E-state index contributed by atoms with van der Waals surface area (Å²) in [7, 11) is 3.19. The van der Waals surface area contributed by atoms with Gasteiger partial charge in [-0.2, -0.15) is 0 Å². The van der Waals surface area contributed by atoms with E-state index >= 15 is 0 Å². The molecule has 1 aromatic carbocycles. The van der Waals surface area contributed by atoms with Gasteiger partial charge in [-0.3, -0.25) is 4.79 Å². The van der Waals surface area contributed by atoms with E-state index in [4.69, 9.17) is 9.47 Å². The van der Waals surface area contributed by atoms with Crippen molar-refractivity contribution in [3.05, 3.63) is 47.7 Å². The monoisotopic (exact) mass is 382 g/mol. The molecular weight excluding hydrogens is 356 g/mol. The maximum absolute atomic E-state index is 12.2. The summed E-state index contributed by atoms with van der Waals surface area (Å²) in [5.41, 5.74) is 2.46. The van der Waals surface area contributed by atoms with Crippen LogP contribution in [0.4, 0.5) is 11.5 Å². The van der Waals surface area contributed by atoms with Crippen LogP contribution in [-0.4, -0.2) is 36.9 Å². The summed E-state index contributed by atoms with van der Waals surface area (Å²) >= 11 is 0. The van der Waals surface area contributed by atoms with E-state index in [-0.39, 0.29) is 5.91 Å². The Morgan fingerprint density at radius 1 is 1.11 bits per heavy atom. The van der Waals surface area contributed by atoms with Gasteiger partial charge in [0.15, 0.2) is 11.5 Å². The third-order valence-electron chi connectivity index (χ3n) is 4.69. The van der Waals surface area contributed by atoms with Crippen LogP contribution >= 0.6 is 0 Å². The molecule has 0 radical (unpaired) electrons. The topological polar surface area (TPSA) is 85.4 Å². The number of allylic oxidation sites excluding steroid dienone is 1. The van der Waals surface area contributed by atoms with E-state index in [1.54, 1.807) is 32.4 Å². The molecule has 148 valence electrons. The quantitative estimate of drug-likeness (QED) is 0.675. The molecule has 28 heavy (non-hydrogen) atoms. The molecular formula is C21H26N4O3. The lowest BCUT2D eigenvalue weighted by molar-refractivity contribution is 0.0948. The first kappa shape index (κ1) is 19.7. The fourth-order valence-corrected chi connectivity index (χ4v) is 3.12. The highest BCUT2D eigenvalue weighted by atomic mass is 16.5. The van der Waals surface area contributed by atoms with E-state index in [0.29, 0.717) is 29.6 Å². The number of aromatic nitrogens is 2. The Kier molecular flexibility index (Phi) is 6.84. The molecule has 2 N–H and O–H groups in total. The number of carbonyl (C=O) groups is 1. The van der Waals surface area contributed by atoms with Gasteiger partial charge in [-0.15, -0.1) is 10.2 Å². The second-order valence-corrected chi connectivity index (χ2v) is 6.61. The highest BCUT2D eigenvalue weighted by Crippen LogP contribution is 2.30. The summed E-state index contributed by atoms with van der Waals surface area (Å²) in [4.78, 5) is 12.2. The molecule has 0 bridgehead atoms. The maximum atomic E-state index is 12.2. The molecule has 7 heteroatoms. The minimum absolute atomic E-state index is 0.211. The molecule has 1 aliphatic carbocycles. The maximum Gasteiger partial charge on any atom is 0.271 e. The Bertz CT molecular complexity index is 834. The molecule has 3 rings (SSSR count). The number of amides is 1. The number of ether oxygens (including phenoxy) is 2. The lowest BCUT2D eigenvalue weighted by atomic mass is 9.97. The third kappa shape index (κ3) is 5.22. The van der Waals surface area contributed by atoms with Gasteiger partial charge in [0.1, 0.15) is 11.5 Å². The van der Waals surface area contributed by atoms with Crippen molar-refractivity contribution in [2.45, 2.75) is 32.1 Å². The van der Waals surface area contributed by atoms with Crippen molar-refractivity contribution in [1.29, 1.82) is 0 Å². The van der Waals surface area contributed by atoms with E-state index in [0.717, 1.165) is 24.9 Å². The van der Waals surface area contributed by atoms with E-state index < -0.39 is 0 Å². The van der Waals surface area contributed by atoms with Gasteiger partial charge in [0.2, 0.25) is 0 Å². The molecule has 0 atom stereocenters. The zero-order valence-electron chi connectivity index (χ0n) is 16.3. The standard InChI is InChI=1S/C21H26N4O3/c1-27-16-8-9-17(19(14-16)28-2)23-20-11-10-18(24-25-20)21(26)22-13-12-15-6-4-3-5-7-15/h6,8-11,14H,3-5,7,12-13H2,1-2H3,(H,22,26)(H,23,25). The van der Waals surface area contributed by atoms with E-state index in [2.05, 4.69) is 26.9 Å². The summed E-state index contributed by atoms with van der Waals surface area (Å²) in [5, 5.41) is 14.2. The molecule has 1 aromatic heterocycles. The van der Waals surface area contributed by atoms with Crippen molar-refractivity contribution >= 4 is 17.4 Å². The summed E-state index contributed by atoms with van der Waals surface area (Å²) in [5.74, 6) is 1.63. The van der Waals surface area contributed by atoms with E-state index in [1.807, 2.05) is 12.1 Å². The molecule has 0 spiro atoms. The highest BCUT2D eigenvalue weighted by molar-refractivity contribution is 5.92. The second kappa shape index (κ2) is 9.73. The second-order valence-electron chi connectivity index (χ2n) is 6.61. The van der Waals surface area contributed by atoms with Crippen molar-refractivity contribution in [2.24, 2.45) is 0 Å². The average molecular weight is 382 g/mol. The molecule has 0 fully saturated rings. The van der Waals surface area contributed by atoms with Gasteiger partial charge >= 0.3 is 0 Å². The fraction of sp³-hybridized carbons (Fsp3) is 0.381. The number of rotatable bonds is 8. The molecule has 7 nitrogen and oxygen atoms in total. The summed E-state index contributed by atoms with van der Waals surface area (Å²) in [6.07, 6.45) is 8.01. The van der Waals surface area contributed by atoms with Crippen molar-refractivity contribution < 1.29 is 14.3 Å². The largest absolute Gasteiger partial charge is 0.497 e. The Morgan fingerprint density at radius 3 is 2.68 bits per heavy atom. The van der Waals surface area contributed by atoms with Crippen molar-refractivity contribution in [1.82, 2.24) is 15.5 Å². The fourth-order valence-electron chi connectivity index (χ4n) is 3.12. The van der Waals surface area contributed by atoms with Crippen LogP contribution < -0.4 is 20.1 Å². The van der Waals surface area contributed by atoms with Crippen LogP contribution in [0.25, 0.3) is 0 Å². The van der Waals surface area contributed by atoms with Crippen molar-refractivity contribution in [2.75, 3.05) is 26.1 Å². The smallest absolute Gasteiger partial charge is 0.271 e. The number of nitrogens with zero attached hydrogens (tertiary/aromatic N) is 2. The number of carbonyl (C=O) groups excluding carboxylic acids is 1. The van der Waals surface area contributed by atoms with Gasteiger partial charge < -0.3 is 20.1 Å². The van der Waals surface area contributed by atoms with Gasteiger partial charge in [0, 0.05) is 12.6 Å². The number of hydrogen-bond acceptors (Lipinski definition) is 6. The van der Waals surface area contributed by atoms with E-state index in [1.165, 1.54) is 18.4 Å². The first-order valence-corrected chi connectivity index (χ1v) is 9.48. The lowest BCUT2D eigenvalue weighted by Gasteiger charge is -2.13. The molecule has 1 heterocycles. The van der Waals surface area contributed by atoms with Crippen LogP contribution in [0.1, 0.15) is 42.6 Å². The Hall–Kier alpha value is -3.09. The minimum Gasteiger partial charge on any atom is -0.497 e. The third-order valence-corrected chi connectivity index (χ3v) is 4.69. The zero-order chi connectivity index (χ0) is 19.8. The number of methoxy groups -OCH3 is 2. The molecule has 2 aromatic rings. The molecule has 0 saturated carbocycles. The van der Waals surface area contributed by atoms with Crippen molar-refractivity contribution in [3.8, 4) is 11.5 Å². The van der Waals surface area contributed by atoms with Crippen LogP contribution in [0.3, 0.4) is 0 Å². The lowest BCUT2D eigenvalue weighted by Crippen LogP contribution is -2.26. The number of benzene rings is 1. The van der Waals surface area contributed by atoms with Crippen LogP contribution in [0.5, 0.6) is 11.5 Å². The van der Waals surface area contributed by atoms with Gasteiger partial charge in [-0.25, -0.2) is 0 Å². The van der Waals surface area contributed by atoms with Gasteiger partial charge in [0.05, 0.1) is 19.9 Å². The SMILES string of the molecule is COc1ccc(Nc2ccc(C(=O)NCCC3=CCCCC3)nn2)c(OC)c1. The summed E-state index contributed by atoms with van der Waals surface area (Å²) < 4.78 is 10.5. The minimum atomic E-state index is -0.211. The molecule has 0 aliphatic heterocycles. The van der Waals surface area contributed by atoms with Crippen LogP contribution in [-0.2, 0) is 0 Å². The average Bonchev–Trinajstić information content (AvgIpc) is 2.75. The first-order chi connectivity index (χ1) is 13.7. The predicted molar refractivity (Wildman–Crippen MR) is 108 cm³/mol. The molecule has 1 amide bonds. The number of anilines is 2. The Labute approximate surface area is 165 Å². The molecule has 0 saturated heterocycles. The summed E-state index contributed by atoms with van der Waals surface area (Å²) in [6, 6.07) is 8.80. The molecule has 0 unspecified atom stereocenters. The number of hydrogen-bond donors (Lipinski definition) is 2. The Balaban J connectivity index is 1.55. The van der Waals surface area contributed by atoms with Crippen molar-refractivity contribution in [3.63, 3.8) is 0 Å². The predicted octanol–water partition coefficient (Wildman–Crippen LogP) is 3.86. The van der Waals surface area contributed by atoms with Crippen LogP contribution in [0.15, 0.2) is 42.0 Å². The van der Waals surface area contributed by atoms with Crippen LogP contribution in [0, 0.1) is 0 Å². The zero-order valence-corrected chi connectivity index (χ0v) is 16.3. The van der Waals surface area contributed by atoms with E-state index in [9.17, 15) is 4.79 Å². The normalized spacial score (nSPS) is 13.4. The van der Waals surface area contributed by atoms with Gasteiger partial charge in [0.25, 0.3) is 5.91 Å². The summed E-state index contributed by atoms with van der Waals surface area (Å²) in [6.45, 7) is 0.620. The van der Waals surface area contributed by atoms with Gasteiger partial charge in [-0.05, 0) is 56.4 Å².